The highest BCUT2D eigenvalue weighted by Gasteiger charge is 2.38. The molecule has 4 nitrogen and oxygen atoms in total. The highest BCUT2D eigenvalue weighted by atomic mass is 35.5. The number of carbonyl (C=O) groups is 1. The van der Waals surface area contributed by atoms with Crippen molar-refractivity contribution in [2.45, 2.75) is 57.7 Å². The van der Waals surface area contributed by atoms with Crippen LogP contribution >= 0.6 is 23.2 Å². The first kappa shape index (κ1) is 18.4. The summed E-state index contributed by atoms with van der Waals surface area (Å²) < 4.78 is 5.48. The fourth-order valence-electron chi connectivity index (χ4n) is 3.42. The van der Waals surface area contributed by atoms with Gasteiger partial charge in [-0.25, -0.2) is 0 Å². The zero-order chi connectivity index (χ0) is 17.3. The van der Waals surface area contributed by atoms with Crippen molar-refractivity contribution in [2.24, 2.45) is 0 Å². The third-order valence-corrected chi connectivity index (χ3v) is 4.35. The lowest BCUT2D eigenvalue weighted by atomic mass is 9.79. The van der Waals surface area contributed by atoms with Gasteiger partial charge < -0.3 is 15.4 Å². The van der Waals surface area contributed by atoms with Gasteiger partial charge >= 0.3 is 0 Å². The van der Waals surface area contributed by atoms with E-state index in [1.165, 1.54) is 0 Å². The molecule has 1 amide bonds. The van der Waals surface area contributed by atoms with Gasteiger partial charge in [0.2, 0.25) is 0 Å². The third-order valence-electron chi connectivity index (χ3n) is 3.81. The molecule has 2 rings (SSSR count). The highest BCUT2D eigenvalue weighted by molar-refractivity contribution is 6.34. The average molecular weight is 359 g/mol. The molecule has 6 heteroatoms. The number of nitrogens with one attached hydrogen (secondary N) is 2. The van der Waals surface area contributed by atoms with E-state index in [-0.39, 0.29) is 29.6 Å². The summed E-state index contributed by atoms with van der Waals surface area (Å²) in [6, 6.07) is 5.05. The number of hydrogen-bond acceptors (Lipinski definition) is 3. The van der Waals surface area contributed by atoms with Gasteiger partial charge in [0.1, 0.15) is 5.75 Å². The first-order chi connectivity index (χ1) is 10.6. The first-order valence-corrected chi connectivity index (χ1v) is 8.48. The van der Waals surface area contributed by atoms with Gasteiger partial charge in [-0.3, -0.25) is 4.79 Å². The molecule has 23 heavy (non-hydrogen) atoms. The maximum atomic E-state index is 12.2. The van der Waals surface area contributed by atoms with Gasteiger partial charge in [-0.05, 0) is 52.7 Å². The van der Waals surface area contributed by atoms with Crippen molar-refractivity contribution in [1.82, 2.24) is 10.6 Å². The van der Waals surface area contributed by atoms with Crippen molar-refractivity contribution in [2.75, 3.05) is 6.61 Å². The van der Waals surface area contributed by atoms with Crippen LogP contribution in [0.2, 0.25) is 10.0 Å². The van der Waals surface area contributed by atoms with Gasteiger partial charge in [0.15, 0.2) is 6.61 Å². The summed E-state index contributed by atoms with van der Waals surface area (Å²) in [5.74, 6) is 0.264. The maximum absolute atomic E-state index is 12.2. The summed E-state index contributed by atoms with van der Waals surface area (Å²) in [5, 5.41) is 7.60. The second kappa shape index (κ2) is 6.88. The fraction of sp³-hybridized carbons (Fsp3) is 0.588. The van der Waals surface area contributed by atoms with E-state index in [0.29, 0.717) is 15.8 Å². The zero-order valence-electron chi connectivity index (χ0n) is 14.0. The quantitative estimate of drug-likeness (QED) is 0.860. The molecule has 0 bridgehead atoms. The van der Waals surface area contributed by atoms with E-state index in [1.807, 2.05) is 0 Å². The van der Waals surface area contributed by atoms with Crippen molar-refractivity contribution in [3.05, 3.63) is 28.2 Å². The van der Waals surface area contributed by atoms with E-state index in [9.17, 15) is 4.79 Å². The van der Waals surface area contributed by atoms with E-state index in [4.69, 9.17) is 27.9 Å². The Morgan fingerprint density at radius 2 is 1.87 bits per heavy atom. The number of benzene rings is 1. The van der Waals surface area contributed by atoms with Crippen molar-refractivity contribution in [3.8, 4) is 5.75 Å². The molecule has 0 unspecified atom stereocenters. The highest BCUT2D eigenvalue weighted by Crippen LogP contribution is 2.29. The van der Waals surface area contributed by atoms with Crippen LogP contribution < -0.4 is 15.4 Å². The van der Waals surface area contributed by atoms with E-state index >= 15 is 0 Å². The summed E-state index contributed by atoms with van der Waals surface area (Å²) in [7, 11) is 0. The molecule has 0 radical (unpaired) electrons. The molecule has 0 saturated carbocycles. The maximum Gasteiger partial charge on any atom is 0.258 e. The lowest BCUT2D eigenvalue weighted by molar-refractivity contribution is -0.124. The van der Waals surface area contributed by atoms with Gasteiger partial charge in [0.05, 0.1) is 5.02 Å². The minimum atomic E-state index is -0.153. The summed E-state index contributed by atoms with van der Waals surface area (Å²) in [4.78, 5) is 12.2. The number of amides is 1. The Morgan fingerprint density at radius 1 is 1.26 bits per heavy atom. The van der Waals surface area contributed by atoms with Crippen LogP contribution in [0.5, 0.6) is 5.75 Å². The number of hydrogen-bond donors (Lipinski definition) is 2. The zero-order valence-corrected chi connectivity index (χ0v) is 15.5. The Kier molecular flexibility index (Phi) is 5.49. The van der Waals surface area contributed by atoms with Gasteiger partial charge in [-0.15, -0.1) is 0 Å². The molecule has 1 aromatic carbocycles. The first-order valence-electron chi connectivity index (χ1n) is 7.73. The molecular weight excluding hydrogens is 335 g/mol. The Morgan fingerprint density at radius 3 is 2.48 bits per heavy atom. The summed E-state index contributed by atoms with van der Waals surface area (Å²) in [6.45, 7) is 8.51. The molecule has 1 aromatic rings. The molecule has 1 fully saturated rings. The molecule has 128 valence electrons. The number of piperidine rings is 1. The molecule has 0 aromatic heterocycles. The molecule has 0 aliphatic carbocycles. The van der Waals surface area contributed by atoms with E-state index in [0.717, 1.165) is 12.8 Å². The number of carbonyl (C=O) groups excluding carboxylic acids is 1. The molecule has 1 heterocycles. The molecule has 2 N–H and O–H groups in total. The summed E-state index contributed by atoms with van der Waals surface area (Å²) in [6.07, 6.45) is 1.75. The second-order valence-electron chi connectivity index (χ2n) is 7.43. The monoisotopic (exact) mass is 358 g/mol. The Balaban J connectivity index is 1.91. The molecular formula is C17H24Cl2N2O2. The molecule has 1 aliphatic rings. The van der Waals surface area contributed by atoms with Crippen LogP contribution in [0.3, 0.4) is 0 Å². The Hall–Kier alpha value is -0.970. The smallest absolute Gasteiger partial charge is 0.258 e. The Bertz CT molecular complexity index is 572. The molecule has 1 saturated heterocycles. The largest absolute Gasteiger partial charge is 0.482 e. The van der Waals surface area contributed by atoms with Gasteiger partial charge in [0, 0.05) is 28.2 Å². The number of halogens is 2. The normalized spacial score (nSPS) is 20.1. The number of rotatable bonds is 4. The van der Waals surface area contributed by atoms with Crippen molar-refractivity contribution in [1.29, 1.82) is 0 Å². The van der Waals surface area contributed by atoms with Crippen LogP contribution in [0.25, 0.3) is 0 Å². The SMILES string of the molecule is CC1(C)CC(NC(=O)COc2cc(Cl)ccc2Cl)CC(C)(C)N1. The lowest BCUT2D eigenvalue weighted by Gasteiger charge is -2.46. The van der Waals surface area contributed by atoms with E-state index in [2.05, 4.69) is 38.3 Å². The van der Waals surface area contributed by atoms with Crippen molar-refractivity contribution in [3.63, 3.8) is 0 Å². The lowest BCUT2D eigenvalue weighted by Crippen LogP contribution is -2.62. The van der Waals surface area contributed by atoms with Crippen LogP contribution in [0, 0.1) is 0 Å². The minimum absolute atomic E-state index is 0.0170. The molecule has 0 atom stereocenters. The summed E-state index contributed by atoms with van der Waals surface area (Å²) >= 11 is 11.9. The van der Waals surface area contributed by atoms with Crippen LogP contribution in [0.15, 0.2) is 18.2 Å². The van der Waals surface area contributed by atoms with E-state index < -0.39 is 0 Å². The van der Waals surface area contributed by atoms with Crippen molar-refractivity contribution < 1.29 is 9.53 Å². The second-order valence-corrected chi connectivity index (χ2v) is 8.27. The van der Waals surface area contributed by atoms with Gasteiger partial charge in [-0.2, -0.15) is 0 Å². The van der Waals surface area contributed by atoms with Crippen LogP contribution in [-0.2, 0) is 4.79 Å². The predicted molar refractivity (Wildman–Crippen MR) is 94.4 cm³/mol. The molecule has 1 aliphatic heterocycles. The topological polar surface area (TPSA) is 50.4 Å². The third kappa shape index (κ3) is 5.55. The molecule has 0 spiro atoms. The van der Waals surface area contributed by atoms with Crippen molar-refractivity contribution >= 4 is 29.1 Å². The van der Waals surface area contributed by atoms with Crippen LogP contribution in [0.4, 0.5) is 0 Å². The Labute approximate surface area is 147 Å². The van der Waals surface area contributed by atoms with E-state index in [1.54, 1.807) is 18.2 Å². The standard InChI is InChI=1S/C17H24Cl2N2O2/c1-16(2)8-12(9-17(3,4)21-16)20-15(22)10-23-14-7-11(18)5-6-13(14)19/h5-7,12,21H,8-10H2,1-4H3,(H,20,22). The average Bonchev–Trinajstić information content (AvgIpc) is 2.36. The number of ether oxygens (including phenoxy) is 1. The summed E-state index contributed by atoms with van der Waals surface area (Å²) in [5.41, 5.74) is -0.0341. The van der Waals surface area contributed by atoms with Gasteiger partial charge in [0.25, 0.3) is 5.91 Å². The minimum Gasteiger partial charge on any atom is -0.482 e. The fourth-order valence-corrected chi connectivity index (χ4v) is 3.76. The van der Waals surface area contributed by atoms with Gasteiger partial charge in [-0.1, -0.05) is 23.2 Å². The van der Waals surface area contributed by atoms with Crippen LogP contribution in [-0.4, -0.2) is 29.6 Å². The predicted octanol–water partition coefficient (Wildman–Crippen LogP) is 3.80. The van der Waals surface area contributed by atoms with Crippen LogP contribution in [0.1, 0.15) is 40.5 Å².